The largest absolute Gasteiger partial charge is 0.340 e. The number of hydrazine groups is 1. The molecule has 0 radical (unpaired) electrons. The van der Waals surface area contributed by atoms with E-state index in [2.05, 4.69) is 5.32 Å². The molecule has 162 valence electrons. The van der Waals surface area contributed by atoms with Crippen LogP contribution in [0.3, 0.4) is 0 Å². The van der Waals surface area contributed by atoms with E-state index in [9.17, 15) is 24.0 Å². The van der Waals surface area contributed by atoms with Crippen LogP contribution in [0.15, 0.2) is 24.3 Å². The van der Waals surface area contributed by atoms with Crippen LogP contribution in [0.5, 0.6) is 0 Å². The van der Waals surface area contributed by atoms with Crippen LogP contribution >= 0.6 is 0 Å². The first-order valence-corrected chi connectivity index (χ1v) is 10.4. The molecule has 1 aliphatic heterocycles. The quantitative estimate of drug-likeness (QED) is 0.437. The van der Waals surface area contributed by atoms with Crippen molar-refractivity contribution in [2.45, 2.75) is 44.9 Å². The molecule has 1 heterocycles. The topological polar surface area (TPSA) is 93.2 Å². The zero-order chi connectivity index (χ0) is 21.4. The standard InChI is InChI=1S/C21H27FN4O4/c22-16-4-6-17(7-5-16)23-19(29)26-11-3-10-25(26)18(28)21(14-24(30)15-27)12-20(13-21)8-1-2-9-20/h4-7,15,30H,1-3,8-14H2,(H,23,29). The lowest BCUT2D eigenvalue weighted by Gasteiger charge is -2.55. The molecule has 9 heteroatoms. The van der Waals surface area contributed by atoms with E-state index < -0.39 is 17.3 Å². The number of benzene rings is 1. The summed E-state index contributed by atoms with van der Waals surface area (Å²) in [5.41, 5.74) is -0.328. The Morgan fingerprint density at radius 3 is 2.37 bits per heavy atom. The predicted molar refractivity (Wildman–Crippen MR) is 106 cm³/mol. The zero-order valence-corrected chi connectivity index (χ0v) is 16.8. The third-order valence-corrected chi connectivity index (χ3v) is 6.73. The van der Waals surface area contributed by atoms with Gasteiger partial charge in [-0.3, -0.25) is 14.8 Å². The van der Waals surface area contributed by atoms with Crippen LogP contribution in [0.25, 0.3) is 0 Å². The van der Waals surface area contributed by atoms with Gasteiger partial charge >= 0.3 is 6.03 Å². The number of nitrogens with zero attached hydrogens (tertiary/aromatic N) is 3. The van der Waals surface area contributed by atoms with Crippen LogP contribution in [-0.2, 0) is 9.59 Å². The molecule has 3 fully saturated rings. The van der Waals surface area contributed by atoms with Gasteiger partial charge in [-0.15, -0.1) is 0 Å². The Balaban J connectivity index is 1.49. The summed E-state index contributed by atoms with van der Waals surface area (Å²) in [6.07, 6.45) is 6.58. The summed E-state index contributed by atoms with van der Waals surface area (Å²) in [5.74, 6) is -0.629. The molecule has 0 bridgehead atoms. The monoisotopic (exact) mass is 418 g/mol. The predicted octanol–water partition coefficient (Wildman–Crippen LogP) is 3.00. The molecule has 3 aliphatic rings. The average Bonchev–Trinajstić information content (AvgIpc) is 3.38. The van der Waals surface area contributed by atoms with E-state index in [0.29, 0.717) is 49.5 Å². The average molecular weight is 418 g/mol. The third kappa shape index (κ3) is 3.74. The summed E-state index contributed by atoms with van der Waals surface area (Å²) in [7, 11) is 0. The second-order valence-electron chi connectivity index (χ2n) is 8.89. The number of nitrogens with one attached hydrogen (secondary N) is 1. The van der Waals surface area contributed by atoms with Gasteiger partial charge in [0.05, 0.1) is 12.0 Å². The first kappa shape index (κ1) is 20.6. The van der Waals surface area contributed by atoms with E-state index in [1.54, 1.807) is 0 Å². The van der Waals surface area contributed by atoms with Crippen LogP contribution in [-0.4, -0.2) is 58.3 Å². The molecule has 1 aromatic carbocycles. The van der Waals surface area contributed by atoms with E-state index in [-0.39, 0.29) is 17.9 Å². The number of rotatable bonds is 5. The van der Waals surface area contributed by atoms with Crippen molar-refractivity contribution < 1.29 is 24.0 Å². The van der Waals surface area contributed by atoms with Gasteiger partial charge in [0.2, 0.25) is 12.3 Å². The number of halogens is 1. The van der Waals surface area contributed by atoms with Gasteiger partial charge in [-0.25, -0.2) is 24.3 Å². The SMILES string of the molecule is O=CN(O)CC1(C(=O)N2CCCN2C(=O)Nc2ccc(F)cc2)CC2(CCCC2)C1. The lowest BCUT2D eigenvalue weighted by Crippen LogP contribution is -2.62. The third-order valence-electron chi connectivity index (χ3n) is 6.73. The molecule has 2 saturated carbocycles. The number of hydrogen-bond acceptors (Lipinski definition) is 4. The van der Waals surface area contributed by atoms with Crippen molar-refractivity contribution in [1.82, 2.24) is 15.1 Å². The van der Waals surface area contributed by atoms with Crippen molar-refractivity contribution in [3.63, 3.8) is 0 Å². The highest BCUT2D eigenvalue weighted by Crippen LogP contribution is 2.63. The number of amides is 4. The van der Waals surface area contributed by atoms with Crippen molar-refractivity contribution in [1.29, 1.82) is 0 Å². The van der Waals surface area contributed by atoms with Gasteiger partial charge in [0, 0.05) is 18.8 Å². The van der Waals surface area contributed by atoms with Gasteiger partial charge in [-0.2, -0.15) is 0 Å². The van der Waals surface area contributed by atoms with Gasteiger partial charge in [0.25, 0.3) is 0 Å². The highest BCUT2D eigenvalue weighted by Gasteiger charge is 2.61. The molecule has 1 spiro atoms. The van der Waals surface area contributed by atoms with Gasteiger partial charge in [-0.1, -0.05) is 12.8 Å². The lowest BCUT2D eigenvalue weighted by molar-refractivity contribution is -0.189. The molecule has 2 aliphatic carbocycles. The normalized spacial score (nSPS) is 21.4. The Bertz CT molecular complexity index is 817. The van der Waals surface area contributed by atoms with Crippen molar-refractivity contribution in [2.75, 3.05) is 25.0 Å². The van der Waals surface area contributed by atoms with Crippen molar-refractivity contribution in [3.8, 4) is 0 Å². The minimum absolute atomic E-state index is 0.0684. The van der Waals surface area contributed by atoms with Crippen LogP contribution < -0.4 is 5.32 Å². The van der Waals surface area contributed by atoms with Crippen molar-refractivity contribution >= 4 is 24.0 Å². The van der Waals surface area contributed by atoms with E-state index in [1.165, 1.54) is 34.3 Å². The molecule has 1 saturated heterocycles. The van der Waals surface area contributed by atoms with E-state index in [0.717, 1.165) is 25.7 Å². The van der Waals surface area contributed by atoms with E-state index in [1.807, 2.05) is 0 Å². The Kier molecular flexibility index (Phi) is 5.40. The summed E-state index contributed by atoms with van der Waals surface area (Å²) in [4.78, 5) is 37.4. The number of carbonyl (C=O) groups excluding carboxylic acids is 3. The Morgan fingerprint density at radius 2 is 1.73 bits per heavy atom. The maximum absolute atomic E-state index is 13.6. The summed E-state index contributed by atoms with van der Waals surface area (Å²) in [6.45, 7) is 0.717. The van der Waals surface area contributed by atoms with Crippen LogP contribution in [0, 0.1) is 16.6 Å². The Hall–Kier alpha value is -2.68. The molecule has 4 amide bonds. The number of hydroxylamine groups is 2. The lowest BCUT2D eigenvalue weighted by atomic mass is 9.51. The molecule has 1 aromatic rings. The number of anilines is 1. The van der Waals surface area contributed by atoms with Crippen molar-refractivity contribution in [2.24, 2.45) is 10.8 Å². The molecule has 4 rings (SSSR count). The smallest absolute Gasteiger partial charge is 0.306 e. The molecular formula is C21H27FN4O4. The minimum atomic E-state index is -0.876. The number of hydrogen-bond donors (Lipinski definition) is 2. The zero-order valence-electron chi connectivity index (χ0n) is 16.8. The molecular weight excluding hydrogens is 391 g/mol. The fourth-order valence-electron chi connectivity index (χ4n) is 5.57. The van der Waals surface area contributed by atoms with Gasteiger partial charge < -0.3 is 5.32 Å². The summed E-state index contributed by atoms with van der Waals surface area (Å²) >= 11 is 0. The fraction of sp³-hybridized carbons (Fsp3) is 0.571. The summed E-state index contributed by atoms with van der Waals surface area (Å²) in [5, 5.41) is 15.9. The summed E-state index contributed by atoms with van der Waals surface area (Å²) in [6, 6.07) is 4.96. The van der Waals surface area contributed by atoms with E-state index >= 15 is 0 Å². The Labute approximate surface area is 174 Å². The van der Waals surface area contributed by atoms with Crippen LogP contribution in [0.4, 0.5) is 14.9 Å². The first-order valence-electron chi connectivity index (χ1n) is 10.4. The van der Waals surface area contributed by atoms with Crippen LogP contribution in [0.2, 0.25) is 0 Å². The molecule has 0 unspecified atom stereocenters. The van der Waals surface area contributed by atoms with Gasteiger partial charge in [0.15, 0.2) is 0 Å². The molecule has 2 N–H and O–H groups in total. The second kappa shape index (κ2) is 7.86. The molecule has 8 nitrogen and oxygen atoms in total. The maximum atomic E-state index is 13.6. The number of carbonyl (C=O) groups is 3. The molecule has 30 heavy (non-hydrogen) atoms. The minimum Gasteiger partial charge on any atom is -0.306 e. The van der Waals surface area contributed by atoms with Crippen LogP contribution in [0.1, 0.15) is 44.9 Å². The Morgan fingerprint density at radius 1 is 1.10 bits per heavy atom. The second-order valence-corrected chi connectivity index (χ2v) is 8.89. The maximum Gasteiger partial charge on any atom is 0.340 e. The van der Waals surface area contributed by atoms with Gasteiger partial charge in [-0.05, 0) is 61.8 Å². The fourth-order valence-corrected chi connectivity index (χ4v) is 5.57. The molecule has 0 atom stereocenters. The molecule has 0 aromatic heterocycles. The van der Waals surface area contributed by atoms with Crippen molar-refractivity contribution in [3.05, 3.63) is 30.1 Å². The van der Waals surface area contributed by atoms with Gasteiger partial charge in [0.1, 0.15) is 5.82 Å². The number of urea groups is 1. The highest BCUT2D eigenvalue weighted by atomic mass is 19.1. The first-order chi connectivity index (χ1) is 14.4. The summed E-state index contributed by atoms with van der Waals surface area (Å²) < 4.78 is 13.1. The highest BCUT2D eigenvalue weighted by molar-refractivity contribution is 5.93. The van der Waals surface area contributed by atoms with E-state index in [4.69, 9.17) is 0 Å².